The summed E-state index contributed by atoms with van der Waals surface area (Å²) >= 11 is 0. The van der Waals surface area contributed by atoms with Crippen LogP contribution in [0.25, 0.3) is 11.1 Å². The van der Waals surface area contributed by atoms with Crippen molar-refractivity contribution in [3.63, 3.8) is 0 Å². The molecule has 2 aliphatic rings. The monoisotopic (exact) mass is 354 g/mol. The van der Waals surface area contributed by atoms with Crippen molar-refractivity contribution in [1.82, 2.24) is 0 Å². The summed E-state index contributed by atoms with van der Waals surface area (Å²) in [7, 11) is 1.63. The molecule has 136 valence electrons. The molecule has 0 spiro atoms. The number of esters is 1. The molecule has 5 nitrogen and oxygen atoms in total. The third-order valence-electron chi connectivity index (χ3n) is 4.74. The van der Waals surface area contributed by atoms with Crippen molar-refractivity contribution in [2.75, 3.05) is 20.3 Å². The van der Waals surface area contributed by atoms with Gasteiger partial charge in [-0.2, -0.15) is 0 Å². The van der Waals surface area contributed by atoms with Crippen LogP contribution in [0.4, 0.5) is 0 Å². The molecule has 5 heteroatoms. The summed E-state index contributed by atoms with van der Waals surface area (Å²) in [5, 5.41) is 0. The summed E-state index contributed by atoms with van der Waals surface area (Å²) < 4.78 is 22.6. The van der Waals surface area contributed by atoms with Gasteiger partial charge in [0.2, 0.25) is 5.75 Å². The SMILES string of the molecule is CCOc1c(-c2ccc3c(c2)COC3=O)ccc(OC)c1OCC1CC1. The average Bonchev–Trinajstić information content (AvgIpc) is 3.42. The van der Waals surface area contributed by atoms with Crippen molar-refractivity contribution in [3.8, 4) is 28.4 Å². The number of rotatable bonds is 7. The third-order valence-corrected chi connectivity index (χ3v) is 4.74. The summed E-state index contributed by atoms with van der Waals surface area (Å²) in [5.74, 6) is 2.35. The molecule has 2 aromatic rings. The van der Waals surface area contributed by atoms with E-state index in [-0.39, 0.29) is 5.97 Å². The Hall–Kier alpha value is -2.69. The largest absolute Gasteiger partial charge is 0.493 e. The van der Waals surface area contributed by atoms with Gasteiger partial charge >= 0.3 is 5.97 Å². The molecule has 0 radical (unpaired) electrons. The second kappa shape index (κ2) is 6.90. The number of carbonyl (C=O) groups excluding carboxylic acids is 1. The molecule has 1 saturated carbocycles. The third kappa shape index (κ3) is 3.09. The zero-order chi connectivity index (χ0) is 18.1. The summed E-state index contributed by atoms with van der Waals surface area (Å²) in [6.07, 6.45) is 2.43. The minimum absolute atomic E-state index is 0.264. The Morgan fingerprint density at radius 3 is 2.62 bits per heavy atom. The second-order valence-electron chi connectivity index (χ2n) is 6.61. The number of hydrogen-bond donors (Lipinski definition) is 0. The fourth-order valence-electron chi connectivity index (χ4n) is 3.14. The number of methoxy groups -OCH3 is 1. The summed E-state index contributed by atoms with van der Waals surface area (Å²) in [4.78, 5) is 11.7. The molecule has 4 rings (SSSR count). The van der Waals surface area contributed by atoms with E-state index in [2.05, 4.69) is 0 Å². The number of ether oxygens (including phenoxy) is 4. The van der Waals surface area contributed by atoms with Crippen molar-refractivity contribution in [2.24, 2.45) is 5.92 Å². The molecular weight excluding hydrogens is 332 g/mol. The highest BCUT2D eigenvalue weighted by atomic mass is 16.5. The van der Waals surface area contributed by atoms with E-state index in [9.17, 15) is 4.79 Å². The molecule has 1 fully saturated rings. The van der Waals surface area contributed by atoms with E-state index >= 15 is 0 Å². The Morgan fingerprint density at radius 2 is 1.88 bits per heavy atom. The molecule has 0 amide bonds. The first kappa shape index (κ1) is 16.8. The lowest BCUT2D eigenvalue weighted by molar-refractivity contribution is 0.0535. The van der Waals surface area contributed by atoms with Gasteiger partial charge in [-0.25, -0.2) is 4.79 Å². The normalized spacial score (nSPS) is 15.4. The molecule has 26 heavy (non-hydrogen) atoms. The number of benzene rings is 2. The Morgan fingerprint density at radius 1 is 1.08 bits per heavy atom. The van der Waals surface area contributed by atoms with E-state index in [1.165, 1.54) is 12.8 Å². The van der Waals surface area contributed by atoms with Gasteiger partial charge in [-0.3, -0.25) is 0 Å². The van der Waals surface area contributed by atoms with Crippen molar-refractivity contribution >= 4 is 5.97 Å². The van der Waals surface area contributed by atoms with Gasteiger partial charge in [0, 0.05) is 11.1 Å². The van der Waals surface area contributed by atoms with Crippen molar-refractivity contribution in [2.45, 2.75) is 26.4 Å². The predicted molar refractivity (Wildman–Crippen MR) is 96.9 cm³/mol. The maximum absolute atomic E-state index is 11.7. The molecule has 0 unspecified atom stereocenters. The first-order valence-electron chi connectivity index (χ1n) is 8.98. The summed E-state index contributed by atoms with van der Waals surface area (Å²) in [6.45, 7) is 3.45. The first-order valence-corrected chi connectivity index (χ1v) is 8.98. The van der Waals surface area contributed by atoms with Gasteiger partial charge in [0.25, 0.3) is 0 Å². The fraction of sp³-hybridized carbons (Fsp3) is 0.381. The fourth-order valence-corrected chi connectivity index (χ4v) is 3.14. The van der Waals surface area contributed by atoms with Gasteiger partial charge in [0.05, 0.1) is 25.9 Å². The average molecular weight is 354 g/mol. The number of fused-ring (bicyclic) bond motifs is 1. The number of carbonyl (C=O) groups is 1. The topological polar surface area (TPSA) is 54.0 Å². The maximum Gasteiger partial charge on any atom is 0.338 e. The van der Waals surface area contributed by atoms with E-state index < -0.39 is 0 Å². The highest BCUT2D eigenvalue weighted by Crippen LogP contribution is 2.46. The molecule has 0 bridgehead atoms. The van der Waals surface area contributed by atoms with Crippen LogP contribution in [-0.2, 0) is 11.3 Å². The maximum atomic E-state index is 11.7. The van der Waals surface area contributed by atoms with E-state index in [4.69, 9.17) is 18.9 Å². The van der Waals surface area contributed by atoms with E-state index in [1.807, 2.05) is 37.3 Å². The van der Waals surface area contributed by atoms with Crippen LogP contribution in [0.15, 0.2) is 30.3 Å². The second-order valence-corrected chi connectivity index (χ2v) is 6.61. The highest BCUT2D eigenvalue weighted by Gasteiger charge is 2.26. The Bertz CT molecular complexity index is 839. The van der Waals surface area contributed by atoms with Crippen LogP contribution in [0.1, 0.15) is 35.7 Å². The lowest BCUT2D eigenvalue weighted by atomic mass is 9.99. The van der Waals surface area contributed by atoms with Crippen molar-refractivity contribution in [3.05, 3.63) is 41.5 Å². The standard InChI is InChI=1S/C21H22O5/c1-3-24-19-16(14-6-7-17-15(10-14)12-26-21(17)22)8-9-18(23-2)20(19)25-11-13-4-5-13/h6-10,13H,3-5,11-12H2,1-2H3. The number of cyclic esters (lactones) is 1. The van der Waals surface area contributed by atoms with Crippen LogP contribution < -0.4 is 14.2 Å². The van der Waals surface area contributed by atoms with Crippen molar-refractivity contribution < 1.29 is 23.7 Å². The predicted octanol–water partition coefficient (Wildman–Crippen LogP) is 4.22. The van der Waals surface area contributed by atoms with Gasteiger partial charge < -0.3 is 18.9 Å². The molecule has 2 aromatic carbocycles. The van der Waals surface area contributed by atoms with Gasteiger partial charge in [-0.1, -0.05) is 6.07 Å². The summed E-state index contributed by atoms with van der Waals surface area (Å²) in [5.41, 5.74) is 3.40. The number of hydrogen-bond acceptors (Lipinski definition) is 5. The van der Waals surface area contributed by atoms with E-state index in [1.54, 1.807) is 7.11 Å². The van der Waals surface area contributed by atoms with Crippen LogP contribution in [0.2, 0.25) is 0 Å². The highest BCUT2D eigenvalue weighted by molar-refractivity contribution is 5.94. The van der Waals surface area contributed by atoms with E-state index in [0.29, 0.717) is 48.6 Å². The molecule has 0 N–H and O–H groups in total. The molecule has 0 saturated heterocycles. The van der Waals surface area contributed by atoms with Crippen LogP contribution in [-0.4, -0.2) is 26.3 Å². The molecule has 0 atom stereocenters. The molecule has 1 aliphatic heterocycles. The first-order chi connectivity index (χ1) is 12.7. The lowest BCUT2D eigenvalue weighted by Crippen LogP contribution is -2.05. The molecule has 1 aliphatic carbocycles. The Kier molecular flexibility index (Phi) is 4.45. The Labute approximate surface area is 152 Å². The van der Waals surface area contributed by atoms with Gasteiger partial charge in [0.1, 0.15) is 6.61 Å². The van der Waals surface area contributed by atoms with Crippen LogP contribution in [0.3, 0.4) is 0 Å². The van der Waals surface area contributed by atoms with Crippen LogP contribution in [0.5, 0.6) is 17.2 Å². The molecule has 1 heterocycles. The quantitative estimate of drug-likeness (QED) is 0.697. The lowest BCUT2D eigenvalue weighted by Gasteiger charge is -2.19. The zero-order valence-electron chi connectivity index (χ0n) is 15.0. The minimum Gasteiger partial charge on any atom is -0.493 e. The van der Waals surface area contributed by atoms with Crippen LogP contribution in [0, 0.1) is 5.92 Å². The van der Waals surface area contributed by atoms with Gasteiger partial charge in [-0.05, 0) is 55.5 Å². The zero-order valence-corrected chi connectivity index (χ0v) is 15.0. The van der Waals surface area contributed by atoms with Gasteiger partial charge in [-0.15, -0.1) is 0 Å². The molecular formula is C21H22O5. The smallest absolute Gasteiger partial charge is 0.338 e. The van der Waals surface area contributed by atoms with Gasteiger partial charge in [0.15, 0.2) is 11.5 Å². The molecule has 0 aromatic heterocycles. The Balaban J connectivity index is 1.77. The van der Waals surface area contributed by atoms with Crippen LogP contribution >= 0.6 is 0 Å². The minimum atomic E-state index is -0.264. The summed E-state index contributed by atoms with van der Waals surface area (Å²) in [6, 6.07) is 9.57. The van der Waals surface area contributed by atoms with E-state index in [0.717, 1.165) is 16.7 Å². The van der Waals surface area contributed by atoms with Crippen molar-refractivity contribution in [1.29, 1.82) is 0 Å².